The van der Waals surface area contributed by atoms with Crippen LogP contribution in [0.2, 0.25) is 0 Å². The standard InChI is InChI=1S/C25H28N2O5/c1-4-18-9-11-19(12-10-18)15-26-23(28)16-27-14-13-20-21(24(27)29)7-6-8-22(20)32-17(3)25(30)31-5-2/h6-14,17H,4-5,15-16H2,1-3H3,(H,26,28). The lowest BCUT2D eigenvalue weighted by Gasteiger charge is -2.15. The van der Waals surface area contributed by atoms with Gasteiger partial charge in [0.2, 0.25) is 5.91 Å². The molecule has 3 aromatic rings. The van der Waals surface area contributed by atoms with Crippen LogP contribution in [-0.2, 0) is 33.8 Å². The zero-order valence-electron chi connectivity index (χ0n) is 18.6. The summed E-state index contributed by atoms with van der Waals surface area (Å²) in [5.41, 5.74) is 1.93. The number of fused-ring (bicyclic) bond motifs is 1. The highest BCUT2D eigenvalue weighted by atomic mass is 16.6. The van der Waals surface area contributed by atoms with Gasteiger partial charge in [-0.1, -0.05) is 37.3 Å². The Kier molecular flexibility index (Phi) is 7.65. The average Bonchev–Trinajstić information content (AvgIpc) is 2.80. The summed E-state index contributed by atoms with van der Waals surface area (Å²) >= 11 is 0. The van der Waals surface area contributed by atoms with Crippen LogP contribution in [0.4, 0.5) is 0 Å². The largest absolute Gasteiger partial charge is 0.478 e. The van der Waals surface area contributed by atoms with Crippen molar-refractivity contribution < 1.29 is 19.1 Å². The van der Waals surface area contributed by atoms with Gasteiger partial charge in [0.1, 0.15) is 12.3 Å². The molecular formula is C25H28N2O5. The molecule has 168 valence electrons. The van der Waals surface area contributed by atoms with E-state index < -0.39 is 12.1 Å². The highest BCUT2D eigenvalue weighted by molar-refractivity contribution is 5.88. The van der Waals surface area contributed by atoms with E-state index in [1.807, 2.05) is 24.3 Å². The summed E-state index contributed by atoms with van der Waals surface area (Å²) in [6.45, 7) is 5.98. The minimum atomic E-state index is -0.805. The van der Waals surface area contributed by atoms with Gasteiger partial charge in [-0.05, 0) is 49.6 Å². The fraction of sp³-hybridized carbons (Fsp3) is 0.320. The van der Waals surface area contributed by atoms with Crippen LogP contribution in [0.3, 0.4) is 0 Å². The van der Waals surface area contributed by atoms with Crippen molar-refractivity contribution in [2.75, 3.05) is 6.61 Å². The molecule has 0 spiro atoms. The van der Waals surface area contributed by atoms with Crippen LogP contribution in [0.25, 0.3) is 10.8 Å². The van der Waals surface area contributed by atoms with Gasteiger partial charge >= 0.3 is 5.97 Å². The molecule has 3 rings (SSSR count). The maximum absolute atomic E-state index is 12.9. The van der Waals surface area contributed by atoms with Crippen LogP contribution in [0.5, 0.6) is 5.75 Å². The van der Waals surface area contributed by atoms with Crippen LogP contribution >= 0.6 is 0 Å². The number of amides is 1. The first-order valence-electron chi connectivity index (χ1n) is 10.7. The fourth-order valence-corrected chi connectivity index (χ4v) is 3.32. The van der Waals surface area contributed by atoms with E-state index >= 15 is 0 Å². The topological polar surface area (TPSA) is 86.6 Å². The molecule has 1 amide bonds. The third-order valence-corrected chi connectivity index (χ3v) is 5.14. The Hall–Kier alpha value is -3.61. The minimum Gasteiger partial charge on any atom is -0.478 e. The predicted octanol–water partition coefficient (Wildman–Crippen LogP) is 3.21. The Morgan fingerprint density at radius 2 is 1.72 bits per heavy atom. The second kappa shape index (κ2) is 10.6. The molecule has 0 bridgehead atoms. The first kappa shape index (κ1) is 23.1. The molecule has 1 atom stereocenters. The van der Waals surface area contributed by atoms with Crippen LogP contribution < -0.4 is 15.6 Å². The second-order valence-electron chi connectivity index (χ2n) is 7.43. The van der Waals surface area contributed by atoms with Crippen molar-refractivity contribution in [3.05, 3.63) is 76.2 Å². The molecule has 0 aliphatic carbocycles. The van der Waals surface area contributed by atoms with Gasteiger partial charge in [-0.15, -0.1) is 0 Å². The number of carbonyl (C=O) groups is 2. The van der Waals surface area contributed by atoms with E-state index in [4.69, 9.17) is 9.47 Å². The molecule has 1 N–H and O–H groups in total. The van der Waals surface area contributed by atoms with Crippen LogP contribution in [0.1, 0.15) is 31.9 Å². The summed E-state index contributed by atoms with van der Waals surface area (Å²) in [4.78, 5) is 37.2. The monoisotopic (exact) mass is 436 g/mol. The summed E-state index contributed by atoms with van der Waals surface area (Å²) in [7, 11) is 0. The van der Waals surface area contributed by atoms with Crippen molar-refractivity contribution in [2.45, 2.75) is 46.4 Å². The molecule has 1 heterocycles. The molecule has 1 aromatic heterocycles. The van der Waals surface area contributed by atoms with Crippen molar-refractivity contribution in [1.82, 2.24) is 9.88 Å². The van der Waals surface area contributed by atoms with Crippen LogP contribution in [-0.4, -0.2) is 29.2 Å². The zero-order valence-corrected chi connectivity index (χ0v) is 18.6. The smallest absolute Gasteiger partial charge is 0.347 e. The summed E-state index contributed by atoms with van der Waals surface area (Å²) in [5.74, 6) is -0.319. The molecule has 0 radical (unpaired) electrons. The van der Waals surface area contributed by atoms with Crippen molar-refractivity contribution in [2.24, 2.45) is 0 Å². The number of nitrogens with zero attached hydrogens (tertiary/aromatic N) is 1. The van der Waals surface area contributed by atoms with Gasteiger partial charge in [-0.2, -0.15) is 0 Å². The molecule has 0 fully saturated rings. The quantitative estimate of drug-likeness (QED) is 0.521. The molecule has 0 aliphatic heterocycles. The fourth-order valence-electron chi connectivity index (χ4n) is 3.32. The first-order valence-corrected chi connectivity index (χ1v) is 10.7. The van der Waals surface area contributed by atoms with E-state index in [0.29, 0.717) is 23.1 Å². The van der Waals surface area contributed by atoms with Crippen LogP contribution in [0, 0.1) is 0 Å². The molecule has 0 saturated heterocycles. The van der Waals surface area contributed by atoms with Gasteiger partial charge in [-0.3, -0.25) is 9.59 Å². The highest BCUT2D eigenvalue weighted by Crippen LogP contribution is 2.24. The number of hydrogen-bond acceptors (Lipinski definition) is 5. The summed E-state index contributed by atoms with van der Waals surface area (Å²) < 4.78 is 12.0. The molecule has 7 nitrogen and oxygen atoms in total. The number of aromatic nitrogens is 1. The van der Waals surface area contributed by atoms with Gasteiger partial charge in [0, 0.05) is 18.1 Å². The lowest BCUT2D eigenvalue weighted by molar-refractivity contribution is -0.150. The molecular weight excluding hydrogens is 408 g/mol. The Morgan fingerprint density at radius 1 is 1.00 bits per heavy atom. The number of aryl methyl sites for hydroxylation is 1. The average molecular weight is 437 g/mol. The van der Waals surface area contributed by atoms with E-state index in [2.05, 4.69) is 12.2 Å². The predicted molar refractivity (Wildman–Crippen MR) is 123 cm³/mol. The number of rotatable bonds is 9. The maximum Gasteiger partial charge on any atom is 0.347 e. The van der Waals surface area contributed by atoms with E-state index in [0.717, 1.165) is 12.0 Å². The molecule has 0 saturated carbocycles. The van der Waals surface area contributed by atoms with Crippen molar-refractivity contribution in [3.8, 4) is 5.75 Å². The number of ether oxygens (including phenoxy) is 2. The normalized spacial score (nSPS) is 11.7. The molecule has 0 aliphatic rings. The SMILES string of the molecule is CCOC(=O)C(C)Oc1cccc2c(=O)n(CC(=O)NCc3ccc(CC)cc3)ccc12. The number of carbonyl (C=O) groups excluding carboxylic acids is 2. The van der Waals surface area contributed by atoms with E-state index in [9.17, 15) is 14.4 Å². The van der Waals surface area contributed by atoms with Gasteiger partial charge in [0.15, 0.2) is 6.10 Å². The van der Waals surface area contributed by atoms with Gasteiger partial charge in [0.25, 0.3) is 5.56 Å². The zero-order chi connectivity index (χ0) is 23.1. The molecule has 2 aromatic carbocycles. The number of benzene rings is 2. The third-order valence-electron chi connectivity index (χ3n) is 5.14. The lowest BCUT2D eigenvalue weighted by Crippen LogP contribution is -2.32. The van der Waals surface area contributed by atoms with Crippen molar-refractivity contribution in [1.29, 1.82) is 0 Å². The Balaban J connectivity index is 1.71. The molecule has 1 unspecified atom stereocenters. The first-order chi connectivity index (χ1) is 15.4. The Labute approximate surface area is 187 Å². The molecule has 32 heavy (non-hydrogen) atoms. The molecule has 7 heteroatoms. The highest BCUT2D eigenvalue weighted by Gasteiger charge is 2.18. The Morgan fingerprint density at radius 3 is 2.41 bits per heavy atom. The van der Waals surface area contributed by atoms with E-state index in [1.54, 1.807) is 44.3 Å². The summed E-state index contributed by atoms with van der Waals surface area (Å²) in [6, 6.07) is 14.8. The van der Waals surface area contributed by atoms with Crippen molar-refractivity contribution in [3.63, 3.8) is 0 Å². The van der Waals surface area contributed by atoms with E-state index in [-0.39, 0.29) is 24.6 Å². The summed E-state index contributed by atoms with van der Waals surface area (Å²) in [6.07, 6.45) is 1.72. The number of hydrogen-bond donors (Lipinski definition) is 1. The third kappa shape index (κ3) is 5.55. The van der Waals surface area contributed by atoms with Crippen LogP contribution in [0.15, 0.2) is 59.5 Å². The van der Waals surface area contributed by atoms with Crippen molar-refractivity contribution >= 4 is 22.6 Å². The minimum absolute atomic E-state index is 0.0911. The number of esters is 1. The van der Waals surface area contributed by atoms with Gasteiger partial charge in [-0.25, -0.2) is 4.79 Å². The van der Waals surface area contributed by atoms with E-state index in [1.165, 1.54) is 10.1 Å². The number of pyridine rings is 1. The lowest BCUT2D eigenvalue weighted by atomic mass is 10.1. The number of nitrogens with one attached hydrogen (secondary N) is 1. The summed E-state index contributed by atoms with van der Waals surface area (Å²) in [5, 5.41) is 3.82. The maximum atomic E-state index is 12.9. The van der Waals surface area contributed by atoms with Gasteiger partial charge < -0.3 is 19.4 Å². The second-order valence-corrected chi connectivity index (χ2v) is 7.43. The van der Waals surface area contributed by atoms with Gasteiger partial charge in [0.05, 0.1) is 12.0 Å². The Bertz CT molecular complexity index is 1150.